The molecule has 2 N–H and O–H groups in total. The second kappa shape index (κ2) is 3.14. The molecule has 1 amide bonds. The van der Waals surface area contributed by atoms with E-state index in [9.17, 15) is 9.18 Å². The van der Waals surface area contributed by atoms with Crippen molar-refractivity contribution >= 4 is 5.91 Å². The number of hydrogen-bond acceptors (Lipinski definition) is 2. The SMILES string of the molecule is O=C1CC(c2ccccc2F)NN1. The fourth-order valence-electron chi connectivity index (χ4n) is 1.40. The molecule has 1 unspecified atom stereocenters. The molecule has 0 bridgehead atoms. The highest BCUT2D eigenvalue weighted by Crippen LogP contribution is 2.21. The van der Waals surface area contributed by atoms with Crippen molar-refractivity contribution in [1.29, 1.82) is 0 Å². The van der Waals surface area contributed by atoms with Gasteiger partial charge in [0.05, 0.1) is 6.04 Å². The zero-order valence-corrected chi connectivity index (χ0v) is 6.88. The summed E-state index contributed by atoms with van der Waals surface area (Å²) >= 11 is 0. The number of rotatable bonds is 1. The molecule has 0 radical (unpaired) electrons. The van der Waals surface area contributed by atoms with E-state index in [0.717, 1.165) is 0 Å². The summed E-state index contributed by atoms with van der Waals surface area (Å²) in [6.07, 6.45) is 0.293. The smallest absolute Gasteiger partial charge is 0.236 e. The lowest BCUT2D eigenvalue weighted by Crippen LogP contribution is -2.27. The minimum Gasteiger partial charge on any atom is -0.291 e. The van der Waals surface area contributed by atoms with Gasteiger partial charge in [0.25, 0.3) is 0 Å². The van der Waals surface area contributed by atoms with Crippen molar-refractivity contribution in [3.8, 4) is 0 Å². The van der Waals surface area contributed by atoms with Crippen LogP contribution in [-0.4, -0.2) is 5.91 Å². The first-order valence-corrected chi connectivity index (χ1v) is 4.06. The van der Waals surface area contributed by atoms with Gasteiger partial charge in [-0.25, -0.2) is 9.82 Å². The molecule has 0 spiro atoms. The van der Waals surface area contributed by atoms with Crippen LogP contribution in [0.1, 0.15) is 18.0 Å². The third-order valence-electron chi connectivity index (χ3n) is 2.06. The standard InChI is InChI=1S/C9H9FN2O/c10-7-4-2-1-3-6(7)8-5-9(13)12-11-8/h1-4,8,11H,5H2,(H,12,13). The molecule has 1 fully saturated rings. The third kappa shape index (κ3) is 1.53. The van der Waals surface area contributed by atoms with E-state index >= 15 is 0 Å². The lowest BCUT2D eigenvalue weighted by Gasteiger charge is -2.08. The van der Waals surface area contributed by atoms with Gasteiger partial charge in [0, 0.05) is 12.0 Å². The normalized spacial score (nSPS) is 21.6. The molecule has 0 aromatic heterocycles. The van der Waals surface area contributed by atoms with Gasteiger partial charge in [-0.05, 0) is 6.07 Å². The predicted molar refractivity (Wildman–Crippen MR) is 45.0 cm³/mol. The van der Waals surface area contributed by atoms with Crippen LogP contribution in [0.5, 0.6) is 0 Å². The Hall–Kier alpha value is -1.42. The Morgan fingerprint density at radius 1 is 1.38 bits per heavy atom. The number of nitrogens with one attached hydrogen (secondary N) is 2. The first kappa shape index (κ1) is 8.19. The zero-order chi connectivity index (χ0) is 9.26. The molecule has 2 rings (SSSR count). The summed E-state index contributed by atoms with van der Waals surface area (Å²) in [7, 11) is 0. The van der Waals surface area contributed by atoms with E-state index in [0.29, 0.717) is 12.0 Å². The molecule has 3 nitrogen and oxygen atoms in total. The lowest BCUT2D eigenvalue weighted by molar-refractivity contribution is -0.119. The number of hydrogen-bond donors (Lipinski definition) is 2. The summed E-state index contributed by atoms with van der Waals surface area (Å²) in [6.45, 7) is 0. The Balaban J connectivity index is 2.26. The number of halogens is 1. The van der Waals surface area contributed by atoms with Crippen LogP contribution >= 0.6 is 0 Å². The molecule has 1 aliphatic heterocycles. The second-order valence-corrected chi connectivity index (χ2v) is 2.97. The van der Waals surface area contributed by atoms with Gasteiger partial charge >= 0.3 is 0 Å². The number of benzene rings is 1. The van der Waals surface area contributed by atoms with E-state index in [1.165, 1.54) is 6.07 Å². The average Bonchev–Trinajstić information content (AvgIpc) is 2.53. The number of carbonyl (C=O) groups is 1. The van der Waals surface area contributed by atoms with E-state index in [1.807, 2.05) is 0 Å². The molecule has 1 aliphatic rings. The van der Waals surface area contributed by atoms with E-state index in [4.69, 9.17) is 0 Å². The number of hydrazine groups is 1. The molecule has 0 saturated carbocycles. The molecule has 13 heavy (non-hydrogen) atoms. The molecule has 68 valence electrons. The molecule has 1 saturated heterocycles. The molecule has 1 aromatic carbocycles. The van der Waals surface area contributed by atoms with Gasteiger partial charge in [-0.1, -0.05) is 18.2 Å². The van der Waals surface area contributed by atoms with E-state index in [-0.39, 0.29) is 17.8 Å². The first-order chi connectivity index (χ1) is 6.27. The van der Waals surface area contributed by atoms with Gasteiger partial charge in [-0.3, -0.25) is 10.2 Å². The summed E-state index contributed by atoms with van der Waals surface area (Å²) < 4.78 is 13.2. The van der Waals surface area contributed by atoms with Crippen LogP contribution in [0, 0.1) is 5.82 Å². The van der Waals surface area contributed by atoms with Crippen LogP contribution in [0.15, 0.2) is 24.3 Å². The van der Waals surface area contributed by atoms with Crippen LogP contribution in [0.25, 0.3) is 0 Å². The van der Waals surface area contributed by atoms with Crippen molar-refractivity contribution in [3.63, 3.8) is 0 Å². The molecule has 4 heteroatoms. The summed E-state index contributed by atoms with van der Waals surface area (Å²) in [5.74, 6) is -0.384. The van der Waals surface area contributed by atoms with Crippen molar-refractivity contribution in [3.05, 3.63) is 35.6 Å². The largest absolute Gasteiger partial charge is 0.291 e. The van der Waals surface area contributed by atoms with Gasteiger partial charge in [-0.2, -0.15) is 0 Å². The highest BCUT2D eigenvalue weighted by Gasteiger charge is 2.24. The maximum absolute atomic E-state index is 13.2. The quantitative estimate of drug-likeness (QED) is 0.674. The Morgan fingerprint density at radius 3 is 2.77 bits per heavy atom. The Kier molecular flexibility index (Phi) is 1.98. The molecular weight excluding hydrogens is 171 g/mol. The Labute approximate surface area is 74.9 Å². The van der Waals surface area contributed by atoms with Crippen LogP contribution in [0.4, 0.5) is 4.39 Å². The van der Waals surface area contributed by atoms with Crippen molar-refractivity contribution in [1.82, 2.24) is 10.9 Å². The topological polar surface area (TPSA) is 41.1 Å². The van der Waals surface area contributed by atoms with Crippen molar-refractivity contribution in [2.24, 2.45) is 0 Å². The van der Waals surface area contributed by atoms with Crippen LogP contribution in [0.2, 0.25) is 0 Å². The lowest BCUT2D eigenvalue weighted by atomic mass is 10.1. The van der Waals surface area contributed by atoms with Crippen molar-refractivity contribution in [2.45, 2.75) is 12.5 Å². The third-order valence-corrected chi connectivity index (χ3v) is 2.06. The Bertz CT molecular complexity index is 340. The van der Waals surface area contributed by atoms with E-state index < -0.39 is 0 Å². The fourth-order valence-corrected chi connectivity index (χ4v) is 1.40. The van der Waals surface area contributed by atoms with Gasteiger partial charge in [0.2, 0.25) is 5.91 Å². The molecule has 1 heterocycles. The monoisotopic (exact) mass is 180 g/mol. The maximum Gasteiger partial charge on any atom is 0.236 e. The molecule has 0 aliphatic carbocycles. The number of amides is 1. The average molecular weight is 180 g/mol. The zero-order valence-electron chi connectivity index (χ0n) is 6.88. The highest BCUT2D eigenvalue weighted by molar-refractivity contribution is 5.78. The molecular formula is C9H9FN2O. The summed E-state index contributed by atoms with van der Waals surface area (Å²) in [4.78, 5) is 10.8. The highest BCUT2D eigenvalue weighted by atomic mass is 19.1. The van der Waals surface area contributed by atoms with Gasteiger partial charge < -0.3 is 0 Å². The Morgan fingerprint density at radius 2 is 2.15 bits per heavy atom. The van der Waals surface area contributed by atoms with E-state index in [2.05, 4.69) is 10.9 Å². The number of carbonyl (C=O) groups excluding carboxylic acids is 1. The summed E-state index contributed by atoms with van der Waals surface area (Å²) in [5.41, 5.74) is 5.69. The van der Waals surface area contributed by atoms with Gasteiger partial charge in [0.15, 0.2) is 0 Å². The van der Waals surface area contributed by atoms with Gasteiger partial charge in [-0.15, -0.1) is 0 Å². The summed E-state index contributed by atoms with van der Waals surface area (Å²) in [5, 5.41) is 0. The fraction of sp³-hybridized carbons (Fsp3) is 0.222. The second-order valence-electron chi connectivity index (χ2n) is 2.97. The summed E-state index contributed by atoms with van der Waals surface area (Å²) in [6, 6.07) is 6.20. The minimum atomic E-state index is -0.281. The molecule has 1 atom stereocenters. The van der Waals surface area contributed by atoms with Crippen LogP contribution < -0.4 is 10.9 Å². The minimum absolute atomic E-state index is 0.103. The first-order valence-electron chi connectivity index (χ1n) is 4.06. The van der Waals surface area contributed by atoms with Crippen molar-refractivity contribution < 1.29 is 9.18 Å². The molecule has 1 aromatic rings. The predicted octanol–water partition coefficient (Wildman–Crippen LogP) is 0.891. The van der Waals surface area contributed by atoms with E-state index in [1.54, 1.807) is 18.2 Å². The maximum atomic E-state index is 13.2. The van der Waals surface area contributed by atoms with Gasteiger partial charge in [0.1, 0.15) is 5.82 Å². The van der Waals surface area contributed by atoms with Crippen LogP contribution in [-0.2, 0) is 4.79 Å². The van der Waals surface area contributed by atoms with Crippen molar-refractivity contribution in [2.75, 3.05) is 0 Å². The van der Waals surface area contributed by atoms with Crippen LogP contribution in [0.3, 0.4) is 0 Å².